The smallest absolute Gasteiger partial charge is 0.313 e. The molecule has 1 aromatic heterocycles. The van der Waals surface area contributed by atoms with Gasteiger partial charge in [-0.3, -0.25) is 4.79 Å². The average molecular weight is 498 g/mol. The highest BCUT2D eigenvalue weighted by Crippen LogP contribution is 2.59. The fourth-order valence-corrected chi connectivity index (χ4v) is 6.28. The molecule has 2 aromatic carbocycles. The van der Waals surface area contributed by atoms with Crippen molar-refractivity contribution in [2.75, 3.05) is 38.2 Å². The molecule has 2 atom stereocenters. The molecule has 2 fully saturated rings. The summed E-state index contributed by atoms with van der Waals surface area (Å²) in [6, 6.07) is 16.9. The molecule has 37 heavy (non-hydrogen) atoms. The SMILES string of the molecule is COC(=O)[C@]12C[C@H]1CN(c1cccc(-c3cccc(C)c3OCc3ccc4c(c3C)CCNCC4)n1)C2. The van der Waals surface area contributed by atoms with Crippen LogP contribution in [0, 0.1) is 25.2 Å². The standard InChI is InChI=1S/C31H35N3O3/c1-20-6-4-7-26(29(20)37-18-23-11-10-22-12-14-32-15-13-25(22)21(23)2)27-8-5-9-28(33-27)34-17-24-16-31(24,19-34)30(35)36-3/h4-11,24,32H,12-19H2,1-3H3/t24-,31-/m0/s1. The molecule has 0 amide bonds. The second kappa shape index (κ2) is 9.49. The van der Waals surface area contributed by atoms with Crippen LogP contribution in [0.3, 0.4) is 0 Å². The number of aromatic nitrogens is 1. The molecule has 0 unspecified atom stereocenters. The predicted octanol–water partition coefficient (Wildman–Crippen LogP) is 4.63. The molecule has 0 bridgehead atoms. The molecule has 1 saturated heterocycles. The van der Waals surface area contributed by atoms with E-state index in [-0.39, 0.29) is 11.4 Å². The number of pyridine rings is 1. The summed E-state index contributed by atoms with van der Waals surface area (Å²) in [4.78, 5) is 19.6. The maximum atomic E-state index is 12.3. The van der Waals surface area contributed by atoms with Gasteiger partial charge >= 0.3 is 5.97 Å². The van der Waals surface area contributed by atoms with E-state index in [0.29, 0.717) is 19.1 Å². The second-order valence-electron chi connectivity index (χ2n) is 10.8. The van der Waals surface area contributed by atoms with Crippen molar-refractivity contribution in [3.63, 3.8) is 0 Å². The summed E-state index contributed by atoms with van der Waals surface area (Å²) >= 11 is 0. The van der Waals surface area contributed by atoms with E-state index in [2.05, 4.69) is 54.4 Å². The summed E-state index contributed by atoms with van der Waals surface area (Å²) in [5.74, 6) is 2.05. The number of ether oxygens (including phenoxy) is 2. The van der Waals surface area contributed by atoms with Crippen molar-refractivity contribution in [2.45, 2.75) is 39.7 Å². The van der Waals surface area contributed by atoms with Crippen LogP contribution in [0.4, 0.5) is 5.82 Å². The van der Waals surface area contributed by atoms with Gasteiger partial charge in [-0.05, 0) is 98.1 Å². The Kier molecular flexibility index (Phi) is 6.15. The summed E-state index contributed by atoms with van der Waals surface area (Å²) < 4.78 is 11.6. The van der Waals surface area contributed by atoms with Crippen LogP contribution in [0.1, 0.15) is 34.2 Å². The molecule has 1 N–H and O–H groups in total. The van der Waals surface area contributed by atoms with Gasteiger partial charge in [0.15, 0.2) is 0 Å². The van der Waals surface area contributed by atoms with Gasteiger partial charge in [0.25, 0.3) is 0 Å². The number of piperidine rings is 1. The Morgan fingerprint density at radius 3 is 2.81 bits per heavy atom. The maximum absolute atomic E-state index is 12.3. The highest BCUT2D eigenvalue weighted by Gasteiger charge is 2.66. The van der Waals surface area contributed by atoms with Gasteiger partial charge in [0.1, 0.15) is 18.2 Å². The number of fused-ring (bicyclic) bond motifs is 2. The molecule has 1 aliphatic carbocycles. The van der Waals surface area contributed by atoms with Crippen molar-refractivity contribution >= 4 is 11.8 Å². The molecule has 0 spiro atoms. The molecular formula is C31H35N3O3. The van der Waals surface area contributed by atoms with Crippen molar-refractivity contribution in [1.29, 1.82) is 0 Å². The van der Waals surface area contributed by atoms with E-state index in [1.165, 1.54) is 29.4 Å². The van der Waals surface area contributed by atoms with Gasteiger partial charge in [-0.15, -0.1) is 0 Å². The lowest BCUT2D eigenvalue weighted by molar-refractivity contribution is -0.146. The Balaban J connectivity index is 1.25. The number of benzene rings is 2. The third-order valence-corrected chi connectivity index (χ3v) is 8.59. The Bertz CT molecular complexity index is 1350. The summed E-state index contributed by atoms with van der Waals surface area (Å²) in [6.07, 6.45) is 3.07. The zero-order valence-corrected chi connectivity index (χ0v) is 22.0. The average Bonchev–Trinajstić information content (AvgIpc) is 3.58. The number of esters is 1. The monoisotopic (exact) mass is 497 g/mol. The summed E-state index contributed by atoms with van der Waals surface area (Å²) in [5, 5.41) is 3.51. The van der Waals surface area contributed by atoms with Crippen LogP contribution < -0.4 is 15.0 Å². The van der Waals surface area contributed by atoms with Crippen LogP contribution in [0.15, 0.2) is 48.5 Å². The van der Waals surface area contributed by atoms with Gasteiger partial charge in [-0.1, -0.05) is 30.3 Å². The summed E-state index contributed by atoms with van der Waals surface area (Å²) in [7, 11) is 1.48. The number of hydrogen-bond acceptors (Lipinski definition) is 6. The van der Waals surface area contributed by atoms with Gasteiger partial charge in [-0.25, -0.2) is 4.98 Å². The molecule has 6 rings (SSSR count). The van der Waals surface area contributed by atoms with Gasteiger partial charge in [0.2, 0.25) is 0 Å². The lowest BCUT2D eigenvalue weighted by atomic mass is 9.94. The fraction of sp³-hybridized carbons (Fsp3) is 0.419. The Labute approximate surface area is 219 Å². The predicted molar refractivity (Wildman–Crippen MR) is 145 cm³/mol. The van der Waals surface area contributed by atoms with Crippen molar-refractivity contribution in [1.82, 2.24) is 10.3 Å². The normalized spacial score (nSPS) is 22.1. The number of nitrogens with zero attached hydrogens (tertiary/aromatic N) is 2. The van der Waals surface area contributed by atoms with Gasteiger partial charge in [-0.2, -0.15) is 0 Å². The van der Waals surface area contributed by atoms with Crippen LogP contribution in [-0.2, 0) is 29.0 Å². The Morgan fingerprint density at radius 1 is 1.11 bits per heavy atom. The minimum absolute atomic E-state index is 0.0881. The largest absolute Gasteiger partial charge is 0.488 e. The van der Waals surface area contributed by atoms with E-state index in [1.54, 1.807) is 0 Å². The molecule has 6 nitrogen and oxygen atoms in total. The van der Waals surface area contributed by atoms with Crippen molar-refractivity contribution in [3.05, 3.63) is 76.3 Å². The number of methoxy groups -OCH3 is 1. The molecule has 1 saturated carbocycles. The Morgan fingerprint density at radius 2 is 1.95 bits per heavy atom. The minimum atomic E-state index is -0.341. The lowest BCUT2D eigenvalue weighted by Gasteiger charge is -2.22. The van der Waals surface area contributed by atoms with E-state index in [4.69, 9.17) is 14.5 Å². The van der Waals surface area contributed by atoms with E-state index >= 15 is 0 Å². The van der Waals surface area contributed by atoms with Crippen LogP contribution in [0.5, 0.6) is 5.75 Å². The quantitative estimate of drug-likeness (QED) is 0.501. The topological polar surface area (TPSA) is 63.7 Å². The first kappa shape index (κ1) is 24.0. The fourth-order valence-electron chi connectivity index (χ4n) is 6.28. The minimum Gasteiger partial charge on any atom is -0.488 e. The van der Waals surface area contributed by atoms with Crippen LogP contribution in [0.25, 0.3) is 11.3 Å². The van der Waals surface area contributed by atoms with Crippen LogP contribution in [-0.4, -0.2) is 44.2 Å². The number of para-hydroxylation sites is 1. The van der Waals surface area contributed by atoms with Gasteiger partial charge in [0.05, 0.1) is 18.2 Å². The number of aryl methyl sites for hydroxylation is 1. The molecule has 3 heterocycles. The number of carbonyl (C=O) groups excluding carboxylic acids is 1. The Hall–Kier alpha value is -3.38. The molecule has 2 aliphatic heterocycles. The number of hydrogen-bond donors (Lipinski definition) is 1. The number of anilines is 1. The van der Waals surface area contributed by atoms with Crippen LogP contribution >= 0.6 is 0 Å². The van der Waals surface area contributed by atoms with E-state index < -0.39 is 0 Å². The highest BCUT2D eigenvalue weighted by molar-refractivity contribution is 5.83. The third kappa shape index (κ3) is 4.27. The number of carbonyl (C=O) groups is 1. The van der Waals surface area contributed by atoms with E-state index in [1.807, 2.05) is 18.2 Å². The van der Waals surface area contributed by atoms with Gasteiger partial charge in [0, 0.05) is 18.7 Å². The number of rotatable bonds is 6. The lowest BCUT2D eigenvalue weighted by Crippen LogP contribution is -2.29. The first-order chi connectivity index (χ1) is 18.0. The summed E-state index contributed by atoms with van der Waals surface area (Å²) in [5.41, 5.74) is 8.14. The van der Waals surface area contributed by atoms with Crippen molar-refractivity contribution in [3.8, 4) is 17.0 Å². The first-order valence-electron chi connectivity index (χ1n) is 13.3. The van der Waals surface area contributed by atoms with Crippen molar-refractivity contribution < 1.29 is 14.3 Å². The first-order valence-corrected chi connectivity index (χ1v) is 13.3. The second-order valence-corrected chi connectivity index (χ2v) is 10.8. The number of nitrogens with one attached hydrogen (secondary N) is 1. The molecule has 3 aliphatic rings. The third-order valence-electron chi connectivity index (χ3n) is 8.59. The molecular weight excluding hydrogens is 462 g/mol. The zero-order valence-electron chi connectivity index (χ0n) is 22.0. The van der Waals surface area contributed by atoms with E-state index in [9.17, 15) is 4.79 Å². The van der Waals surface area contributed by atoms with E-state index in [0.717, 1.165) is 67.3 Å². The molecule has 6 heteroatoms. The maximum Gasteiger partial charge on any atom is 0.313 e. The zero-order chi connectivity index (χ0) is 25.6. The molecule has 3 aromatic rings. The van der Waals surface area contributed by atoms with Crippen LogP contribution in [0.2, 0.25) is 0 Å². The summed E-state index contributed by atoms with van der Waals surface area (Å²) in [6.45, 7) is 8.43. The highest BCUT2D eigenvalue weighted by atomic mass is 16.5. The van der Waals surface area contributed by atoms with Gasteiger partial charge < -0.3 is 19.7 Å². The molecule has 0 radical (unpaired) electrons. The van der Waals surface area contributed by atoms with Crippen molar-refractivity contribution in [2.24, 2.45) is 11.3 Å². The molecule has 192 valence electrons.